The van der Waals surface area contributed by atoms with Gasteiger partial charge in [-0.2, -0.15) is 5.01 Å². The highest BCUT2D eigenvalue weighted by molar-refractivity contribution is 6.08. The molecule has 1 aromatic carbocycles. The largest absolute Gasteiger partial charge is 0.481 e. The van der Waals surface area contributed by atoms with Gasteiger partial charge in [0.15, 0.2) is 0 Å². The molecule has 24 heavy (non-hydrogen) atoms. The second kappa shape index (κ2) is 7.12. The second-order valence-corrected chi connectivity index (χ2v) is 5.70. The van der Waals surface area contributed by atoms with Gasteiger partial charge in [0.25, 0.3) is 5.91 Å². The lowest BCUT2D eigenvalue weighted by atomic mass is 9.92. The van der Waals surface area contributed by atoms with Crippen LogP contribution in [-0.2, 0) is 19.9 Å². The Morgan fingerprint density at radius 2 is 1.79 bits per heavy atom. The summed E-state index contributed by atoms with van der Waals surface area (Å²) in [7, 11) is 0. The number of benzene rings is 1. The zero-order valence-corrected chi connectivity index (χ0v) is 13.2. The molecule has 1 aliphatic heterocycles. The van der Waals surface area contributed by atoms with Gasteiger partial charge in [0.2, 0.25) is 5.91 Å². The Hall–Kier alpha value is -2.90. The smallest absolute Gasteiger partial charge is 0.344 e. The first kappa shape index (κ1) is 17.5. The Labute approximate surface area is 138 Å². The Morgan fingerprint density at radius 1 is 1.17 bits per heavy atom. The summed E-state index contributed by atoms with van der Waals surface area (Å²) in [6.45, 7) is 1.57. The number of carboxylic acid groups (broad SMARTS) is 1. The van der Waals surface area contributed by atoms with Crippen LogP contribution >= 0.6 is 0 Å². The average Bonchev–Trinajstić information content (AvgIpc) is 2.77. The number of amides is 4. The van der Waals surface area contributed by atoms with Gasteiger partial charge < -0.3 is 10.4 Å². The number of imide groups is 1. The van der Waals surface area contributed by atoms with Crippen molar-refractivity contribution in [3.05, 3.63) is 35.9 Å². The lowest BCUT2D eigenvalue weighted by molar-refractivity contribution is -0.139. The number of unbranched alkanes of at least 4 members (excludes halogenated alkanes) is 1. The maximum absolute atomic E-state index is 12.5. The first-order valence-electron chi connectivity index (χ1n) is 7.58. The molecule has 8 nitrogen and oxygen atoms in total. The standard InChI is InChI=1S/C16H19N3O5/c1-16(11-7-3-2-4-8-11)14(23)19(15(24)17-16)18-12(20)9-5-6-10-13(21)22/h2-4,7-8H,5-6,9-10H2,1H3,(H,17,24)(H,18,20)(H,21,22). The number of carboxylic acids is 1. The van der Waals surface area contributed by atoms with Crippen LogP contribution in [0.3, 0.4) is 0 Å². The fraction of sp³-hybridized carbons (Fsp3) is 0.375. The molecule has 1 aromatic rings. The lowest BCUT2D eigenvalue weighted by Gasteiger charge is -2.22. The summed E-state index contributed by atoms with van der Waals surface area (Å²) in [6.07, 6.45) is 0.719. The van der Waals surface area contributed by atoms with E-state index in [4.69, 9.17) is 5.11 Å². The molecule has 0 aliphatic carbocycles. The van der Waals surface area contributed by atoms with Gasteiger partial charge in [-0.3, -0.25) is 19.8 Å². The number of hydrogen-bond acceptors (Lipinski definition) is 4. The third-order valence-electron chi connectivity index (χ3n) is 3.82. The molecule has 128 valence electrons. The van der Waals surface area contributed by atoms with Crippen LogP contribution in [-0.4, -0.2) is 33.9 Å². The van der Waals surface area contributed by atoms with Crippen LogP contribution in [0.25, 0.3) is 0 Å². The number of nitrogens with zero attached hydrogens (tertiary/aromatic N) is 1. The van der Waals surface area contributed by atoms with Gasteiger partial charge in [-0.05, 0) is 25.3 Å². The van der Waals surface area contributed by atoms with E-state index in [1.54, 1.807) is 37.3 Å². The SMILES string of the molecule is CC1(c2ccccc2)NC(=O)N(NC(=O)CCCCC(=O)O)C1=O. The Balaban J connectivity index is 1.97. The van der Waals surface area contributed by atoms with Gasteiger partial charge in [-0.1, -0.05) is 30.3 Å². The molecule has 0 saturated carbocycles. The van der Waals surface area contributed by atoms with Crippen LogP contribution in [0.1, 0.15) is 38.2 Å². The quantitative estimate of drug-likeness (QED) is 0.511. The molecule has 1 heterocycles. The summed E-state index contributed by atoms with van der Waals surface area (Å²) in [4.78, 5) is 46.8. The normalized spacial score (nSPS) is 20.0. The van der Waals surface area contributed by atoms with Gasteiger partial charge in [0.05, 0.1) is 0 Å². The minimum absolute atomic E-state index is 0.0253. The fourth-order valence-electron chi connectivity index (χ4n) is 2.45. The highest BCUT2D eigenvalue weighted by Gasteiger charge is 2.49. The van der Waals surface area contributed by atoms with Crippen molar-refractivity contribution in [2.45, 2.75) is 38.1 Å². The summed E-state index contributed by atoms with van der Waals surface area (Å²) >= 11 is 0. The van der Waals surface area contributed by atoms with E-state index in [0.29, 0.717) is 23.4 Å². The van der Waals surface area contributed by atoms with E-state index in [0.717, 1.165) is 0 Å². The Morgan fingerprint density at radius 3 is 2.42 bits per heavy atom. The molecule has 8 heteroatoms. The minimum atomic E-state index is -1.24. The molecule has 4 amide bonds. The average molecular weight is 333 g/mol. The van der Waals surface area contributed by atoms with Gasteiger partial charge in [-0.15, -0.1) is 0 Å². The zero-order valence-electron chi connectivity index (χ0n) is 13.2. The Kier molecular flexibility index (Phi) is 5.18. The predicted molar refractivity (Wildman–Crippen MR) is 83.4 cm³/mol. The molecule has 1 fully saturated rings. The van der Waals surface area contributed by atoms with Gasteiger partial charge >= 0.3 is 12.0 Å². The molecule has 3 N–H and O–H groups in total. The highest BCUT2D eigenvalue weighted by Crippen LogP contribution is 2.27. The molecule has 1 atom stereocenters. The number of hydrazine groups is 1. The van der Waals surface area contributed by atoms with E-state index in [9.17, 15) is 19.2 Å². The number of carbonyl (C=O) groups excluding carboxylic acids is 3. The van der Waals surface area contributed by atoms with Crippen LogP contribution in [0, 0.1) is 0 Å². The van der Waals surface area contributed by atoms with Crippen molar-refractivity contribution in [1.29, 1.82) is 0 Å². The van der Waals surface area contributed by atoms with Crippen LogP contribution in [0.5, 0.6) is 0 Å². The molecule has 2 rings (SSSR count). The number of aliphatic carboxylic acids is 1. The van der Waals surface area contributed by atoms with Crippen molar-refractivity contribution >= 4 is 23.8 Å². The molecular weight excluding hydrogens is 314 g/mol. The van der Waals surface area contributed by atoms with Crippen LogP contribution in [0.4, 0.5) is 4.79 Å². The molecule has 0 radical (unpaired) electrons. The van der Waals surface area contributed by atoms with Gasteiger partial charge in [0, 0.05) is 12.8 Å². The van der Waals surface area contributed by atoms with Crippen molar-refractivity contribution in [2.24, 2.45) is 0 Å². The third kappa shape index (κ3) is 3.70. The Bertz CT molecular complexity index is 661. The fourth-order valence-corrected chi connectivity index (χ4v) is 2.45. The molecule has 1 aliphatic rings. The maximum atomic E-state index is 12.5. The van der Waals surface area contributed by atoms with Gasteiger partial charge in [-0.25, -0.2) is 4.79 Å². The number of urea groups is 1. The molecular formula is C16H19N3O5. The third-order valence-corrected chi connectivity index (χ3v) is 3.82. The van der Waals surface area contributed by atoms with E-state index in [-0.39, 0.29) is 12.8 Å². The minimum Gasteiger partial charge on any atom is -0.481 e. The van der Waals surface area contributed by atoms with E-state index < -0.39 is 29.4 Å². The van der Waals surface area contributed by atoms with E-state index in [1.165, 1.54) is 0 Å². The van der Waals surface area contributed by atoms with Gasteiger partial charge in [0.1, 0.15) is 5.54 Å². The highest BCUT2D eigenvalue weighted by atomic mass is 16.4. The summed E-state index contributed by atoms with van der Waals surface area (Å²) in [6, 6.07) is 8.04. The van der Waals surface area contributed by atoms with Crippen molar-refractivity contribution in [3.8, 4) is 0 Å². The maximum Gasteiger partial charge on any atom is 0.344 e. The van der Waals surface area contributed by atoms with Crippen molar-refractivity contribution in [1.82, 2.24) is 15.8 Å². The zero-order chi connectivity index (χ0) is 17.7. The van der Waals surface area contributed by atoms with Crippen LogP contribution in [0.2, 0.25) is 0 Å². The van der Waals surface area contributed by atoms with Crippen LogP contribution in [0.15, 0.2) is 30.3 Å². The summed E-state index contributed by atoms with van der Waals surface area (Å²) in [5, 5.41) is 11.8. The molecule has 1 unspecified atom stereocenters. The molecule has 0 aromatic heterocycles. The monoisotopic (exact) mass is 333 g/mol. The molecule has 0 bridgehead atoms. The summed E-state index contributed by atoms with van der Waals surface area (Å²) < 4.78 is 0. The van der Waals surface area contributed by atoms with E-state index >= 15 is 0 Å². The summed E-state index contributed by atoms with van der Waals surface area (Å²) in [5.41, 5.74) is 1.65. The number of rotatable bonds is 7. The van der Waals surface area contributed by atoms with Crippen molar-refractivity contribution in [2.75, 3.05) is 0 Å². The molecule has 0 spiro atoms. The topological polar surface area (TPSA) is 116 Å². The van der Waals surface area contributed by atoms with Crippen molar-refractivity contribution in [3.63, 3.8) is 0 Å². The van der Waals surface area contributed by atoms with E-state index in [2.05, 4.69) is 10.7 Å². The predicted octanol–water partition coefficient (Wildman–Crippen LogP) is 1.13. The second-order valence-electron chi connectivity index (χ2n) is 5.70. The van der Waals surface area contributed by atoms with Crippen LogP contribution < -0.4 is 10.7 Å². The van der Waals surface area contributed by atoms with Crippen molar-refractivity contribution < 1.29 is 24.3 Å². The number of carbonyl (C=O) groups is 4. The first-order valence-corrected chi connectivity index (χ1v) is 7.58. The first-order chi connectivity index (χ1) is 11.3. The van der Waals surface area contributed by atoms with E-state index in [1.807, 2.05) is 0 Å². The summed E-state index contributed by atoms with van der Waals surface area (Å²) in [5.74, 6) is -2.01. The number of nitrogens with one attached hydrogen (secondary N) is 2. The number of hydrogen-bond donors (Lipinski definition) is 3. The molecule has 1 saturated heterocycles. The lowest BCUT2D eigenvalue weighted by Crippen LogP contribution is -2.47.